The van der Waals surface area contributed by atoms with Crippen molar-refractivity contribution in [3.63, 3.8) is 0 Å². The highest BCUT2D eigenvalue weighted by atomic mass is 16.6. The SMILES string of the molecule is Cc1cc([N+](=O)[O-])c(C)cc1NC(=O)C1CNCCO1. The molecule has 0 radical (unpaired) electrons. The Kier molecular flexibility index (Phi) is 4.31. The summed E-state index contributed by atoms with van der Waals surface area (Å²) in [5.74, 6) is -0.242. The second-order valence-electron chi connectivity index (χ2n) is 4.76. The van der Waals surface area contributed by atoms with Gasteiger partial charge in [-0.3, -0.25) is 14.9 Å². The van der Waals surface area contributed by atoms with E-state index >= 15 is 0 Å². The first kappa shape index (κ1) is 14.4. The van der Waals surface area contributed by atoms with Crippen molar-refractivity contribution in [3.05, 3.63) is 33.4 Å². The fraction of sp³-hybridized carbons (Fsp3) is 0.462. The number of hydrogen-bond donors (Lipinski definition) is 2. The van der Waals surface area contributed by atoms with Crippen LogP contribution in [0.15, 0.2) is 12.1 Å². The molecule has 2 N–H and O–H groups in total. The maximum absolute atomic E-state index is 12.0. The molecule has 0 saturated carbocycles. The van der Waals surface area contributed by atoms with Crippen molar-refractivity contribution >= 4 is 17.3 Å². The van der Waals surface area contributed by atoms with Crippen molar-refractivity contribution in [1.82, 2.24) is 5.32 Å². The van der Waals surface area contributed by atoms with Gasteiger partial charge in [-0.25, -0.2) is 0 Å². The van der Waals surface area contributed by atoms with Crippen molar-refractivity contribution in [2.45, 2.75) is 20.0 Å². The van der Waals surface area contributed by atoms with Crippen molar-refractivity contribution in [2.75, 3.05) is 25.0 Å². The van der Waals surface area contributed by atoms with Gasteiger partial charge in [-0.1, -0.05) is 0 Å². The number of ether oxygens (including phenoxy) is 1. The van der Waals surface area contributed by atoms with Crippen LogP contribution in [0.2, 0.25) is 0 Å². The summed E-state index contributed by atoms with van der Waals surface area (Å²) in [5.41, 5.74) is 1.79. The van der Waals surface area contributed by atoms with Crippen LogP contribution < -0.4 is 10.6 Å². The Bertz CT molecular complexity index is 539. The van der Waals surface area contributed by atoms with Gasteiger partial charge in [0.15, 0.2) is 0 Å². The van der Waals surface area contributed by atoms with E-state index in [1.54, 1.807) is 19.9 Å². The summed E-state index contributed by atoms with van der Waals surface area (Å²) in [7, 11) is 0. The Morgan fingerprint density at radius 2 is 2.20 bits per heavy atom. The summed E-state index contributed by atoms with van der Waals surface area (Å²) in [6, 6.07) is 3.08. The van der Waals surface area contributed by atoms with E-state index in [0.29, 0.717) is 30.0 Å². The first-order valence-electron chi connectivity index (χ1n) is 6.38. The molecule has 0 aliphatic carbocycles. The lowest BCUT2D eigenvalue weighted by atomic mass is 10.1. The second-order valence-corrected chi connectivity index (χ2v) is 4.76. The molecule has 7 heteroatoms. The molecule has 7 nitrogen and oxygen atoms in total. The summed E-state index contributed by atoms with van der Waals surface area (Å²) >= 11 is 0. The Morgan fingerprint density at radius 1 is 1.45 bits per heavy atom. The molecule has 0 aromatic heterocycles. The van der Waals surface area contributed by atoms with Gasteiger partial charge in [0.2, 0.25) is 0 Å². The number of aryl methyl sites for hydroxylation is 2. The maximum Gasteiger partial charge on any atom is 0.272 e. The van der Waals surface area contributed by atoms with Crippen molar-refractivity contribution in [1.29, 1.82) is 0 Å². The number of anilines is 1. The standard InChI is InChI=1S/C13H17N3O4/c1-8-6-11(16(18)19)9(2)5-10(8)15-13(17)12-7-14-3-4-20-12/h5-6,12,14H,3-4,7H2,1-2H3,(H,15,17). The molecule has 108 valence electrons. The van der Waals surface area contributed by atoms with Gasteiger partial charge in [0, 0.05) is 30.4 Å². The van der Waals surface area contributed by atoms with Crippen LogP contribution in [-0.2, 0) is 9.53 Å². The first-order valence-corrected chi connectivity index (χ1v) is 6.38. The number of nitrogens with zero attached hydrogens (tertiary/aromatic N) is 1. The Hall–Kier alpha value is -1.99. The van der Waals surface area contributed by atoms with Gasteiger partial charge in [0.25, 0.3) is 11.6 Å². The van der Waals surface area contributed by atoms with Crippen LogP contribution in [0.4, 0.5) is 11.4 Å². The van der Waals surface area contributed by atoms with E-state index in [-0.39, 0.29) is 11.6 Å². The molecule has 20 heavy (non-hydrogen) atoms. The molecule has 1 aromatic carbocycles. The second kappa shape index (κ2) is 5.98. The lowest BCUT2D eigenvalue weighted by Gasteiger charge is -2.23. The van der Waals surface area contributed by atoms with Crippen LogP contribution in [-0.4, -0.2) is 36.6 Å². The summed E-state index contributed by atoms with van der Waals surface area (Å²) in [4.78, 5) is 22.5. The fourth-order valence-electron chi connectivity index (χ4n) is 2.08. The van der Waals surface area contributed by atoms with Crippen LogP contribution in [0.5, 0.6) is 0 Å². The average molecular weight is 279 g/mol. The molecule has 1 aliphatic heterocycles. The Labute approximate surface area is 116 Å². The van der Waals surface area contributed by atoms with Crippen molar-refractivity contribution in [3.8, 4) is 0 Å². The molecule has 1 atom stereocenters. The Balaban J connectivity index is 2.15. The smallest absolute Gasteiger partial charge is 0.272 e. The van der Waals surface area contributed by atoms with Gasteiger partial charge in [0.1, 0.15) is 6.10 Å². The zero-order valence-corrected chi connectivity index (χ0v) is 11.4. The molecule has 1 heterocycles. The topological polar surface area (TPSA) is 93.5 Å². The minimum absolute atomic E-state index is 0.0519. The predicted molar refractivity (Wildman–Crippen MR) is 73.8 cm³/mol. The normalized spacial score (nSPS) is 18.6. The van der Waals surface area contributed by atoms with Gasteiger partial charge >= 0.3 is 0 Å². The molecule has 1 saturated heterocycles. The average Bonchev–Trinajstić information content (AvgIpc) is 2.43. The lowest BCUT2D eigenvalue weighted by molar-refractivity contribution is -0.385. The van der Waals surface area contributed by atoms with Crippen molar-refractivity contribution in [2.24, 2.45) is 0 Å². The number of amides is 1. The molecule has 0 bridgehead atoms. The molecule has 2 rings (SSSR count). The van der Waals surface area contributed by atoms with Crippen LogP contribution >= 0.6 is 0 Å². The number of nitrogens with one attached hydrogen (secondary N) is 2. The number of benzene rings is 1. The zero-order valence-electron chi connectivity index (χ0n) is 11.4. The highest BCUT2D eigenvalue weighted by Gasteiger charge is 2.23. The zero-order chi connectivity index (χ0) is 14.7. The molecule has 1 aromatic rings. The van der Waals surface area contributed by atoms with E-state index in [2.05, 4.69) is 10.6 Å². The quantitative estimate of drug-likeness (QED) is 0.639. The number of nitro benzene ring substituents is 1. The van der Waals surface area contributed by atoms with E-state index in [4.69, 9.17) is 4.74 Å². The fourth-order valence-corrected chi connectivity index (χ4v) is 2.08. The third-order valence-electron chi connectivity index (χ3n) is 3.22. The third kappa shape index (κ3) is 3.12. The summed E-state index contributed by atoms with van der Waals surface area (Å²) in [5, 5.41) is 16.7. The number of rotatable bonds is 3. The van der Waals surface area contributed by atoms with Crippen LogP contribution in [0.1, 0.15) is 11.1 Å². The van der Waals surface area contributed by atoms with E-state index in [1.165, 1.54) is 6.07 Å². The Morgan fingerprint density at radius 3 is 2.80 bits per heavy atom. The van der Waals surface area contributed by atoms with E-state index < -0.39 is 11.0 Å². The van der Waals surface area contributed by atoms with Gasteiger partial charge in [0.05, 0.1) is 11.5 Å². The number of nitro groups is 1. The van der Waals surface area contributed by atoms with Gasteiger partial charge in [-0.2, -0.15) is 0 Å². The van der Waals surface area contributed by atoms with E-state index in [0.717, 1.165) is 6.54 Å². The molecule has 1 aliphatic rings. The molecule has 1 fully saturated rings. The summed E-state index contributed by atoms with van der Waals surface area (Å²) in [6.45, 7) is 5.07. The summed E-state index contributed by atoms with van der Waals surface area (Å²) < 4.78 is 5.36. The molecule has 1 unspecified atom stereocenters. The lowest BCUT2D eigenvalue weighted by Crippen LogP contribution is -2.45. The minimum Gasteiger partial charge on any atom is -0.366 e. The summed E-state index contributed by atoms with van der Waals surface area (Å²) in [6.07, 6.45) is -0.529. The van der Waals surface area contributed by atoms with E-state index in [9.17, 15) is 14.9 Å². The monoisotopic (exact) mass is 279 g/mol. The van der Waals surface area contributed by atoms with Crippen molar-refractivity contribution < 1.29 is 14.5 Å². The molecular formula is C13H17N3O4. The molecular weight excluding hydrogens is 262 g/mol. The molecule has 0 spiro atoms. The number of hydrogen-bond acceptors (Lipinski definition) is 5. The maximum atomic E-state index is 12.0. The third-order valence-corrected chi connectivity index (χ3v) is 3.22. The number of carbonyl (C=O) groups excluding carboxylic acids is 1. The first-order chi connectivity index (χ1) is 9.49. The predicted octanol–water partition coefficient (Wildman–Crippen LogP) is 1.14. The molecule has 1 amide bonds. The largest absolute Gasteiger partial charge is 0.366 e. The van der Waals surface area contributed by atoms with Gasteiger partial charge in [-0.05, 0) is 25.5 Å². The van der Waals surface area contributed by atoms with Crippen LogP contribution in [0, 0.1) is 24.0 Å². The van der Waals surface area contributed by atoms with Gasteiger partial charge < -0.3 is 15.4 Å². The minimum atomic E-state index is -0.529. The van der Waals surface area contributed by atoms with Crippen LogP contribution in [0.3, 0.4) is 0 Å². The van der Waals surface area contributed by atoms with Gasteiger partial charge in [-0.15, -0.1) is 0 Å². The highest BCUT2D eigenvalue weighted by molar-refractivity contribution is 5.95. The van der Waals surface area contributed by atoms with E-state index in [1.807, 2.05) is 0 Å². The number of carbonyl (C=O) groups is 1. The number of morpholine rings is 1. The van der Waals surface area contributed by atoms with Crippen LogP contribution in [0.25, 0.3) is 0 Å². The highest BCUT2D eigenvalue weighted by Crippen LogP contribution is 2.26.